The summed E-state index contributed by atoms with van der Waals surface area (Å²) in [6.45, 7) is -0.320. The number of nitrogens with zero attached hydrogens (tertiary/aromatic N) is 1. The van der Waals surface area contributed by atoms with Gasteiger partial charge in [0.15, 0.2) is 6.61 Å². The summed E-state index contributed by atoms with van der Waals surface area (Å²) in [5.41, 5.74) is 1.01. The maximum atomic E-state index is 12.4. The molecule has 3 rings (SSSR count). The highest BCUT2D eigenvalue weighted by atomic mass is 16.5. The topological polar surface area (TPSA) is 103 Å². The largest absolute Gasteiger partial charge is 0.497 e. The molecule has 2 amide bonds. The first-order chi connectivity index (χ1) is 15.0. The molecule has 0 radical (unpaired) electrons. The predicted octanol–water partition coefficient (Wildman–Crippen LogP) is 2.25. The van der Waals surface area contributed by atoms with Crippen LogP contribution in [0.3, 0.4) is 0 Å². The first-order valence-electron chi connectivity index (χ1n) is 9.58. The summed E-state index contributed by atoms with van der Waals surface area (Å²) in [7, 11) is 4.51. The number of ether oxygens (including phenoxy) is 4. The Balaban J connectivity index is 1.56. The Morgan fingerprint density at radius 2 is 1.77 bits per heavy atom. The van der Waals surface area contributed by atoms with Crippen LogP contribution in [0.5, 0.6) is 17.2 Å². The summed E-state index contributed by atoms with van der Waals surface area (Å²) in [6, 6.07) is 12.0. The number of hydrogen-bond acceptors (Lipinski definition) is 7. The highest BCUT2D eigenvalue weighted by Crippen LogP contribution is 2.33. The minimum atomic E-state index is -0.666. The molecule has 1 heterocycles. The van der Waals surface area contributed by atoms with Gasteiger partial charge in [-0.05, 0) is 24.3 Å². The van der Waals surface area contributed by atoms with Crippen molar-refractivity contribution in [2.24, 2.45) is 5.92 Å². The maximum Gasteiger partial charge on any atom is 0.311 e. The molecular weight excluding hydrogens is 404 g/mol. The first kappa shape index (κ1) is 21.9. The van der Waals surface area contributed by atoms with E-state index in [1.807, 2.05) is 0 Å². The van der Waals surface area contributed by atoms with Crippen LogP contribution in [0.1, 0.15) is 6.42 Å². The minimum Gasteiger partial charge on any atom is -0.497 e. The summed E-state index contributed by atoms with van der Waals surface area (Å²) in [5, 5.41) is 2.63. The van der Waals surface area contributed by atoms with Crippen LogP contribution in [0.15, 0.2) is 42.5 Å². The zero-order valence-corrected chi connectivity index (χ0v) is 17.5. The van der Waals surface area contributed by atoms with Gasteiger partial charge in [-0.25, -0.2) is 0 Å². The average Bonchev–Trinajstić information content (AvgIpc) is 3.19. The van der Waals surface area contributed by atoms with Crippen molar-refractivity contribution >= 4 is 29.2 Å². The van der Waals surface area contributed by atoms with Gasteiger partial charge in [0.05, 0.1) is 38.6 Å². The zero-order valence-electron chi connectivity index (χ0n) is 17.5. The molecule has 9 nitrogen and oxygen atoms in total. The Hall–Kier alpha value is -3.75. The van der Waals surface area contributed by atoms with E-state index in [1.165, 1.54) is 26.2 Å². The Kier molecular flexibility index (Phi) is 6.96. The van der Waals surface area contributed by atoms with Crippen molar-refractivity contribution in [2.45, 2.75) is 6.42 Å². The number of methoxy groups -OCH3 is 3. The minimum absolute atomic E-state index is 0.00477. The zero-order chi connectivity index (χ0) is 22.4. The van der Waals surface area contributed by atoms with E-state index in [2.05, 4.69) is 5.32 Å². The summed E-state index contributed by atoms with van der Waals surface area (Å²) >= 11 is 0. The monoisotopic (exact) mass is 428 g/mol. The van der Waals surface area contributed by atoms with Crippen LogP contribution in [0.25, 0.3) is 0 Å². The van der Waals surface area contributed by atoms with Gasteiger partial charge in [-0.15, -0.1) is 0 Å². The molecule has 0 bridgehead atoms. The third kappa shape index (κ3) is 5.06. The van der Waals surface area contributed by atoms with Crippen LogP contribution in [-0.2, 0) is 19.1 Å². The second-order valence-corrected chi connectivity index (χ2v) is 6.80. The molecule has 1 aliphatic rings. The molecular formula is C22H24N2O7. The fourth-order valence-corrected chi connectivity index (χ4v) is 3.29. The van der Waals surface area contributed by atoms with Crippen molar-refractivity contribution in [3.63, 3.8) is 0 Å². The molecule has 0 spiro atoms. The molecule has 2 aromatic carbocycles. The van der Waals surface area contributed by atoms with Crippen LogP contribution in [0.2, 0.25) is 0 Å². The Labute approximate surface area is 179 Å². The molecule has 1 fully saturated rings. The molecule has 9 heteroatoms. The van der Waals surface area contributed by atoms with Crippen molar-refractivity contribution in [2.75, 3.05) is 44.7 Å². The summed E-state index contributed by atoms with van der Waals surface area (Å²) in [5.74, 6) is -0.484. The SMILES string of the molecule is COc1ccc(NC(=O)COC(=O)[C@H]2CC(=O)N(c3ccccc3OC)C2)c(OC)c1. The van der Waals surface area contributed by atoms with E-state index in [9.17, 15) is 14.4 Å². The fraction of sp³-hybridized carbons (Fsp3) is 0.318. The van der Waals surface area contributed by atoms with Crippen LogP contribution < -0.4 is 24.4 Å². The number of benzene rings is 2. The molecule has 1 saturated heterocycles. The summed E-state index contributed by atoms with van der Waals surface area (Å²) in [6.07, 6.45) is 0.00477. The standard InChI is InChI=1S/C22H24N2O7/c1-28-15-8-9-16(19(11-15)30-3)23-20(25)13-31-22(27)14-10-21(26)24(12-14)17-6-4-5-7-18(17)29-2/h4-9,11,14H,10,12-13H2,1-3H3,(H,23,25)/t14-/m0/s1. The number of hydrogen-bond donors (Lipinski definition) is 1. The molecule has 1 N–H and O–H groups in total. The van der Waals surface area contributed by atoms with Crippen molar-refractivity contribution in [3.05, 3.63) is 42.5 Å². The third-order valence-corrected chi connectivity index (χ3v) is 4.86. The lowest BCUT2D eigenvalue weighted by atomic mass is 10.1. The van der Waals surface area contributed by atoms with Gasteiger partial charge in [-0.1, -0.05) is 12.1 Å². The highest BCUT2D eigenvalue weighted by Gasteiger charge is 2.37. The van der Waals surface area contributed by atoms with Crippen LogP contribution in [0, 0.1) is 5.92 Å². The first-order valence-corrected chi connectivity index (χ1v) is 9.58. The van der Waals surface area contributed by atoms with E-state index in [0.29, 0.717) is 28.6 Å². The van der Waals surface area contributed by atoms with E-state index in [1.54, 1.807) is 42.5 Å². The number of anilines is 2. The van der Waals surface area contributed by atoms with Crippen LogP contribution >= 0.6 is 0 Å². The van der Waals surface area contributed by atoms with Crippen molar-refractivity contribution < 1.29 is 33.3 Å². The van der Waals surface area contributed by atoms with Gasteiger partial charge < -0.3 is 29.2 Å². The highest BCUT2D eigenvalue weighted by molar-refractivity contribution is 6.01. The number of amides is 2. The molecule has 0 saturated carbocycles. The molecule has 0 aromatic heterocycles. The van der Waals surface area contributed by atoms with Gasteiger partial charge in [0, 0.05) is 19.0 Å². The Morgan fingerprint density at radius 1 is 1.03 bits per heavy atom. The lowest BCUT2D eigenvalue weighted by molar-refractivity contribution is -0.151. The fourth-order valence-electron chi connectivity index (χ4n) is 3.29. The molecule has 1 atom stereocenters. The predicted molar refractivity (Wildman–Crippen MR) is 113 cm³/mol. The van der Waals surface area contributed by atoms with E-state index in [4.69, 9.17) is 18.9 Å². The molecule has 164 valence electrons. The van der Waals surface area contributed by atoms with Gasteiger partial charge in [0.1, 0.15) is 17.2 Å². The van der Waals surface area contributed by atoms with E-state index in [-0.39, 0.29) is 18.9 Å². The summed E-state index contributed by atoms with van der Waals surface area (Å²) in [4.78, 5) is 38.6. The third-order valence-electron chi connectivity index (χ3n) is 4.86. The lowest BCUT2D eigenvalue weighted by Crippen LogP contribution is -2.28. The van der Waals surface area contributed by atoms with Crippen LogP contribution in [-0.4, -0.2) is 52.3 Å². The molecule has 0 unspecified atom stereocenters. The molecule has 2 aromatic rings. The number of carbonyl (C=O) groups is 3. The van der Waals surface area contributed by atoms with E-state index < -0.39 is 24.4 Å². The van der Waals surface area contributed by atoms with Crippen molar-refractivity contribution in [3.8, 4) is 17.2 Å². The molecule has 1 aliphatic heterocycles. The second-order valence-electron chi connectivity index (χ2n) is 6.80. The molecule has 0 aliphatic carbocycles. The van der Waals surface area contributed by atoms with Gasteiger partial charge in [0.25, 0.3) is 5.91 Å². The van der Waals surface area contributed by atoms with Gasteiger partial charge in [-0.3, -0.25) is 14.4 Å². The number of carbonyl (C=O) groups excluding carboxylic acids is 3. The number of para-hydroxylation sites is 2. The van der Waals surface area contributed by atoms with Crippen molar-refractivity contribution in [1.29, 1.82) is 0 Å². The lowest BCUT2D eigenvalue weighted by Gasteiger charge is -2.19. The smallest absolute Gasteiger partial charge is 0.311 e. The average molecular weight is 428 g/mol. The quantitative estimate of drug-likeness (QED) is 0.643. The second kappa shape index (κ2) is 9.84. The van der Waals surface area contributed by atoms with Gasteiger partial charge in [-0.2, -0.15) is 0 Å². The van der Waals surface area contributed by atoms with E-state index in [0.717, 1.165) is 0 Å². The number of rotatable bonds is 8. The Bertz CT molecular complexity index is 976. The maximum absolute atomic E-state index is 12.4. The number of esters is 1. The van der Waals surface area contributed by atoms with Gasteiger partial charge in [0.2, 0.25) is 5.91 Å². The molecule has 31 heavy (non-hydrogen) atoms. The Morgan fingerprint density at radius 3 is 2.48 bits per heavy atom. The van der Waals surface area contributed by atoms with E-state index >= 15 is 0 Å². The number of nitrogens with one attached hydrogen (secondary N) is 1. The summed E-state index contributed by atoms with van der Waals surface area (Å²) < 4.78 is 20.8. The van der Waals surface area contributed by atoms with Crippen LogP contribution in [0.4, 0.5) is 11.4 Å². The van der Waals surface area contributed by atoms with Gasteiger partial charge >= 0.3 is 5.97 Å². The normalized spacial score (nSPS) is 15.4. The van der Waals surface area contributed by atoms with Crippen molar-refractivity contribution in [1.82, 2.24) is 0 Å².